The van der Waals surface area contributed by atoms with Crippen molar-refractivity contribution in [3.8, 4) is 20.5 Å². The summed E-state index contributed by atoms with van der Waals surface area (Å²) in [6.45, 7) is 0. The Morgan fingerprint density at radius 2 is 1.84 bits per heavy atom. The molecule has 1 aromatic carbocycles. The molecule has 0 aliphatic carbocycles. The molecule has 0 bridgehead atoms. The van der Waals surface area contributed by atoms with Gasteiger partial charge in [-0.25, -0.2) is 4.98 Å². The van der Waals surface area contributed by atoms with Crippen molar-refractivity contribution >= 4 is 39.4 Å². The van der Waals surface area contributed by atoms with Gasteiger partial charge in [0.05, 0.1) is 4.88 Å². The summed E-state index contributed by atoms with van der Waals surface area (Å²) in [6, 6.07) is 7.65. The second-order valence-corrected chi connectivity index (χ2v) is 6.14. The first kappa shape index (κ1) is 12.5. The second-order valence-electron chi connectivity index (χ2n) is 3.70. The molecular weight excluding hydrogens is 300 g/mol. The number of rotatable bonds is 3. The molecule has 0 aliphatic rings. The van der Waals surface area contributed by atoms with Gasteiger partial charge < -0.3 is 5.32 Å². The molecule has 0 fully saturated rings. The van der Waals surface area contributed by atoms with Gasteiger partial charge in [0.2, 0.25) is 5.13 Å². The van der Waals surface area contributed by atoms with Crippen molar-refractivity contribution in [3.05, 3.63) is 35.5 Å². The minimum atomic E-state index is 0.725. The van der Waals surface area contributed by atoms with E-state index >= 15 is 0 Å². The van der Waals surface area contributed by atoms with Crippen LogP contribution in [0.3, 0.4) is 0 Å². The molecule has 1 N–H and O–H groups in total. The van der Waals surface area contributed by atoms with Gasteiger partial charge >= 0.3 is 0 Å². The Morgan fingerprint density at radius 3 is 2.53 bits per heavy atom. The van der Waals surface area contributed by atoms with Crippen LogP contribution >= 0.6 is 34.3 Å². The van der Waals surface area contributed by atoms with E-state index in [1.54, 1.807) is 11.3 Å². The average Bonchev–Trinajstić information content (AvgIpc) is 3.08. The number of thiazole rings is 1. The Hall–Kier alpha value is -1.50. The smallest absolute Gasteiger partial charge is 0.205 e. The molecule has 0 radical (unpaired) electrons. The van der Waals surface area contributed by atoms with Crippen molar-refractivity contribution in [1.29, 1.82) is 0 Å². The predicted octanol–water partition coefficient (Wildman–Crippen LogP) is 4.02. The summed E-state index contributed by atoms with van der Waals surface area (Å²) in [5.41, 5.74) is 1.05. The van der Waals surface area contributed by atoms with Crippen LogP contribution in [0, 0.1) is 0 Å². The molecule has 0 atom stereocenters. The van der Waals surface area contributed by atoms with Crippen molar-refractivity contribution in [2.75, 3.05) is 12.4 Å². The Kier molecular flexibility index (Phi) is 3.46. The standard InChI is InChI=1S/C12H9ClN4S2/c1-14-12-17-16-11(19-12)9-6-15-10(18-9)7-2-4-8(13)5-3-7/h2-6H,1H3,(H,14,17). The van der Waals surface area contributed by atoms with Crippen LogP contribution in [-0.4, -0.2) is 22.2 Å². The summed E-state index contributed by atoms with van der Waals surface area (Å²) >= 11 is 8.99. The lowest BCUT2D eigenvalue weighted by Gasteiger charge is -1.95. The Balaban J connectivity index is 1.92. The highest BCUT2D eigenvalue weighted by Gasteiger charge is 2.10. The third kappa shape index (κ3) is 2.60. The van der Waals surface area contributed by atoms with Crippen molar-refractivity contribution < 1.29 is 0 Å². The van der Waals surface area contributed by atoms with Gasteiger partial charge in [-0.1, -0.05) is 35.1 Å². The van der Waals surface area contributed by atoms with E-state index in [2.05, 4.69) is 20.5 Å². The summed E-state index contributed by atoms with van der Waals surface area (Å²) in [7, 11) is 1.83. The summed E-state index contributed by atoms with van der Waals surface area (Å²) in [4.78, 5) is 5.44. The van der Waals surface area contributed by atoms with E-state index in [0.29, 0.717) is 0 Å². The van der Waals surface area contributed by atoms with Crippen LogP contribution in [0.15, 0.2) is 30.5 Å². The fraction of sp³-hybridized carbons (Fsp3) is 0.0833. The van der Waals surface area contributed by atoms with Gasteiger partial charge in [0.25, 0.3) is 0 Å². The van der Waals surface area contributed by atoms with Gasteiger partial charge in [-0.2, -0.15) is 0 Å². The first-order chi connectivity index (χ1) is 9.26. The third-order valence-electron chi connectivity index (χ3n) is 2.45. The highest BCUT2D eigenvalue weighted by molar-refractivity contribution is 7.24. The fourth-order valence-corrected chi connectivity index (χ4v) is 3.30. The lowest BCUT2D eigenvalue weighted by Crippen LogP contribution is -1.84. The van der Waals surface area contributed by atoms with Gasteiger partial charge in [-0.15, -0.1) is 21.5 Å². The average molecular weight is 309 g/mol. The van der Waals surface area contributed by atoms with E-state index in [-0.39, 0.29) is 0 Å². The molecule has 0 unspecified atom stereocenters. The van der Waals surface area contributed by atoms with Crippen LogP contribution < -0.4 is 5.32 Å². The molecule has 3 rings (SSSR count). The van der Waals surface area contributed by atoms with Crippen LogP contribution in [0.2, 0.25) is 5.02 Å². The monoisotopic (exact) mass is 308 g/mol. The number of aromatic nitrogens is 3. The van der Waals surface area contributed by atoms with Crippen LogP contribution in [0.4, 0.5) is 5.13 Å². The van der Waals surface area contributed by atoms with E-state index in [1.807, 2.05) is 37.5 Å². The van der Waals surface area contributed by atoms with Crippen molar-refractivity contribution in [3.63, 3.8) is 0 Å². The minimum Gasteiger partial charge on any atom is -0.363 e. The summed E-state index contributed by atoms with van der Waals surface area (Å²) in [5, 5.41) is 14.5. The molecule has 0 amide bonds. The molecule has 2 aromatic heterocycles. The fourth-order valence-electron chi connectivity index (χ4n) is 1.52. The zero-order valence-electron chi connectivity index (χ0n) is 9.92. The molecule has 0 aliphatic heterocycles. The summed E-state index contributed by atoms with van der Waals surface area (Å²) in [6.07, 6.45) is 1.83. The number of benzene rings is 1. The predicted molar refractivity (Wildman–Crippen MR) is 81.0 cm³/mol. The Morgan fingerprint density at radius 1 is 1.05 bits per heavy atom. The SMILES string of the molecule is CNc1nnc(-c2cnc(-c3ccc(Cl)cc3)s2)s1. The first-order valence-corrected chi connectivity index (χ1v) is 7.51. The molecule has 7 heteroatoms. The number of hydrogen-bond donors (Lipinski definition) is 1. The maximum Gasteiger partial charge on any atom is 0.205 e. The lowest BCUT2D eigenvalue weighted by molar-refractivity contribution is 1.09. The molecule has 0 saturated heterocycles. The van der Waals surface area contributed by atoms with E-state index in [0.717, 1.165) is 30.6 Å². The third-order valence-corrected chi connectivity index (χ3v) is 4.85. The molecule has 3 aromatic rings. The number of halogens is 1. The molecule has 0 spiro atoms. The minimum absolute atomic E-state index is 0.725. The summed E-state index contributed by atoms with van der Waals surface area (Å²) in [5.74, 6) is 0. The molecule has 96 valence electrons. The van der Waals surface area contributed by atoms with E-state index in [9.17, 15) is 0 Å². The van der Waals surface area contributed by atoms with Gasteiger partial charge in [0, 0.05) is 23.8 Å². The van der Waals surface area contributed by atoms with Crippen LogP contribution in [0.25, 0.3) is 20.5 Å². The molecule has 4 nitrogen and oxygen atoms in total. The van der Waals surface area contributed by atoms with Gasteiger partial charge in [-0.05, 0) is 12.1 Å². The van der Waals surface area contributed by atoms with E-state index in [1.165, 1.54) is 11.3 Å². The maximum atomic E-state index is 5.88. The second kappa shape index (κ2) is 5.24. The van der Waals surface area contributed by atoms with Crippen LogP contribution in [0.1, 0.15) is 0 Å². The topological polar surface area (TPSA) is 50.7 Å². The zero-order valence-corrected chi connectivity index (χ0v) is 12.3. The molecular formula is C12H9ClN4S2. The molecule has 19 heavy (non-hydrogen) atoms. The van der Waals surface area contributed by atoms with E-state index in [4.69, 9.17) is 11.6 Å². The van der Waals surface area contributed by atoms with Crippen LogP contribution in [0.5, 0.6) is 0 Å². The Bertz CT molecular complexity index is 690. The first-order valence-electron chi connectivity index (χ1n) is 5.49. The quantitative estimate of drug-likeness (QED) is 0.794. The van der Waals surface area contributed by atoms with Gasteiger partial charge in [0.1, 0.15) is 5.01 Å². The molecule has 0 saturated carbocycles. The Labute approximate surface area is 123 Å². The van der Waals surface area contributed by atoms with E-state index < -0.39 is 0 Å². The van der Waals surface area contributed by atoms with Gasteiger partial charge in [0.15, 0.2) is 5.01 Å². The van der Waals surface area contributed by atoms with Crippen molar-refractivity contribution in [1.82, 2.24) is 15.2 Å². The largest absolute Gasteiger partial charge is 0.363 e. The number of anilines is 1. The normalized spacial score (nSPS) is 10.6. The highest BCUT2D eigenvalue weighted by Crippen LogP contribution is 2.34. The maximum absolute atomic E-state index is 5.88. The lowest BCUT2D eigenvalue weighted by atomic mass is 10.2. The van der Waals surface area contributed by atoms with Crippen LogP contribution in [-0.2, 0) is 0 Å². The molecule has 2 heterocycles. The highest BCUT2D eigenvalue weighted by atomic mass is 35.5. The van der Waals surface area contributed by atoms with Crippen molar-refractivity contribution in [2.24, 2.45) is 0 Å². The van der Waals surface area contributed by atoms with Crippen molar-refractivity contribution in [2.45, 2.75) is 0 Å². The number of nitrogens with one attached hydrogen (secondary N) is 1. The zero-order chi connectivity index (χ0) is 13.2. The van der Waals surface area contributed by atoms with Gasteiger partial charge in [-0.3, -0.25) is 0 Å². The number of hydrogen-bond acceptors (Lipinski definition) is 6. The summed E-state index contributed by atoms with van der Waals surface area (Å²) < 4.78 is 0. The number of nitrogens with zero attached hydrogens (tertiary/aromatic N) is 3.